The maximum atomic E-state index is 11.1. The minimum Gasteiger partial charge on any atom is -0.469 e. The van der Waals surface area contributed by atoms with Gasteiger partial charge in [-0.1, -0.05) is 18.2 Å². The SMILES string of the molecule is COC(=O)CCCNC(=S)N1c2ccccc2CC[C@H]1C. The molecule has 114 valence electrons. The number of fused-ring (bicyclic) bond motifs is 1. The van der Waals surface area contributed by atoms with Crippen LogP contribution in [0.15, 0.2) is 24.3 Å². The van der Waals surface area contributed by atoms with Crippen molar-refractivity contribution in [3.8, 4) is 0 Å². The van der Waals surface area contributed by atoms with Gasteiger partial charge < -0.3 is 15.0 Å². The molecule has 0 aromatic heterocycles. The van der Waals surface area contributed by atoms with E-state index < -0.39 is 0 Å². The van der Waals surface area contributed by atoms with Gasteiger partial charge >= 0.3 is 5.97 Å². The Bertz CT molecular complexity index is 519. The number of ether oxygens (including phenoxy) is 1. The zero-order valence-electron chi connectivity index (χ0n) is 12.6. The van der Waals surface area contributed by atoms with E-state index in [4.69, 9.17) is 12.2 Å². The topological polar surface area (TPSA) is 41.6 Å². The third kappa shape index (κ3) is 3.94. The van der Waals surface area contributed by atoms with E-state index in [2.05, 4.69) is 40.1 Å². The molecule has 0 radical (unpaired) electrons. The fourth-order valence-electron chi connectivity index (χ4n) is 2.61. The van der Waals surface area contributed by atoms with E-state index in [1.807, 2.05) is 6.07 Å². The lowest BCUT2D eigenvalue weighted by Gasteiger charge is -2.37. The predicted octanol–water partition coefficient (Wildman–Crippen LogP) is 2.66. The van der Waals surface area contributed by atoms with Crippen molar-refractivity contribution in [2.24, 2.45) is 0 Å². The van der Waals surface area contributed by atoms with Crippen LogP contribution in [0.4, 0.5) is 5.69 Å². The minimum atomic E-state index is -0.181. The number of hydrogen-bond donors (Lipinski definition) is 1. The fraction of sp³-hybridized carbons (Fsp3) is 0.500. The summed E-state index contributed by atoms with van der Waals surface area (Å²) >= 11 is 5.53. The number of para-hydroxylation sites is 1. The van der Waals surface area contributed by atoms with Crippen LogP contribution in [0.3, 0.4) is 0 Å². The molecule has 0 saturated heterocycles. The summed E-state index contributed by atoms with van der Waals surface area (Å²) in [6.07, 6.45) is 3.33. The average Bonchev–Trinajstić information content (AvgIpc) is 2.50. The van der Waals surface area contributed by atoms with Crippen LogP contribution in [0, 0.1) is 0 Å². The lowest BCUT2D eigenvalue weighted by Crippen LogP contribution is -2.47. The van der Waals surface area contributed by atoms with E-state index in [-0.39, 0.29) is 5.97 Å². The smallest absolute Gasteiger partial charge is 0.305 e. The molecule has 1 atom stereocenters. The molecule has 2 rings (SSSR count). The summed E-state index contributed by atoms with van der Waals surface area (Å²) in [5, 5.41) is 3.99. The standard InChI is InChI=1S/C16H22N2O2S/c1-12-9-10-13-6-3-4-7-14(13)18(12)16(21)17-11-5-8-15(19)20-2/h3-4,6-7,12H,5,8-11H2,1-2H3,(H,17,21)/t12-/m1/s1. The zero-order chi connectivity index (χ0) is 15.2. The van der Waals surface area contributed by atoms with Crippen LogP contribution in [0.5, 0.6) is 0 Å². The molecule has 0 unspecified atom stereocenters. The molecule has 1 heterocycles. The summed E-state index contributed by atoms with van der Waals surface area (Å²) < 4.78 is 4.63. The maximum absolute atomic E-state index is 11.1. The number of rotatable bonds is 4. The van der Waals surface area contributed by atoms with E-state index in [0.717, 1.165) is 24.4 Å². The number of hydrogen-bond acceptors (Lipinski definition) is 3. The van der Waals surface area contributed by atoms with Gasteiger partial charge in [0.2, 0.25) is 0 Å². The first kappa shape index (κ1) is 15.8. The van der Waals surface area contributed by atoms with Gasteiger partial charge in [0.1, 0.15) is 0 Å². The summed E-state index contributed by atoms with van der Waals surface area (Å²) in [5.74, 6) is -0.181. The Morgan fingerprint density at radius 3 is 3.00 bits per heavy atom. The normalized spacial score (nSPS) is 17.0. The number of nitrogens with one attached hydrogen (secondary N) is 1. The molecule has 0 aliphatic carbocycles. The average molecular weight is 306 g/mol. The van der Waals surface area contributed by atoms with Crippen molar-refractivity contribution in [1.82, 2.24) is 5.32 Å². The molecule has 0 fully saturated rings. The Morgan fingerprint density at radius 2 is 2.24 bits per heavy atom. The molecule has 4 nitrogen and oxygen atoms in total. The molecule has 0 bridgehead atoms. The molecule has 0 saturated carbocycles. The van der Waals surface area contributed by atoms with Crippen LogP contribution in [-0.2, 0) is 16.0 Å². The number of nitrogens with zero attached hydrogens (tertiary/aromatic N) is 1. The number of methoxy groups -OCH3 is 1. The number of carbonyl (C=O) groups excluding carboxylic acids is 1. The second kappa shape index (κ2) is 7.41. The zero-order valence-corrected chi connectivity index (χ0v) is 13.4. The van der Waals surface area contributed by atoms with Crippen LogP contribution >= 0.6 is 12.2 Å². The monoisotopic (exact) mass is 306 g/mol. The minimum absolute atomic E-state index is 0.181. The summed E-state index contributed by atoms with van der Waals surface area (Å²) in [7, 11) is 1.41. The van der Waals surface area contributed by atoms with E-state index >= 15 is 0 Å². The van der Waals surface area contributed by atoms with Crippen LogP contribution in [0.2, 0.25) is 0 Å². The fourth-order valence-corrected chi connectivity index (χ4v) is 2.99. The maximum Gasteiger partial charge on any atom is 0.305 e. The molecular formula is C16H22N2O2S. The number of thiocarbonyl (C=S) groups is 1. The van der Waals surface area contributed by atoms with Crippen molar-refractivity contribution in [3.63, 3.8) is 0 Å². The highest BCUT2D eigenvalue weighted by molar-refractivity contribution is 7.80. The summed E-state index contributed by atoms with van der Waals surface area (Å²) in [5.41, 5.74) is 2.54. The molecule has 0 spiro atoms. The molecule has 1 aliphatic heterocycles. The van der Waals surface area contributed by atoms with E-state index in [1.165, 1.54) is 18.4 Å². The van der Waals surface area contributed by atoms with Gasteiger partial charge in [0, 0.05) is 24.7 Å². The van der Waals surface area contributed by atoms with Gasteiger partial charge in [-0.15, -0.1) is 0 Å². The van der Waals surface area contributed by atoms with E-state index in [1.54, 1.807) is 0 Å². The highest BCUT2D eigenvalue weighted by Gasteiger charge is 2.25. The molecule has 1 N–H and O–H groups in total. The second-order valence-corrected chi connectivity index (χ2v) is 5.68. The molecular weight excluding hydrogens is 284 g/mol. The van der Waals surface area contributed by atoms with Crippen molar-refractivity contribution in [3.05, 3.63) is 29.8 Å². The van der Waals surface area contributed by atoms with E-state index in [9.17, 15) is 4.79 Å². The van der Waals surface area contributed by atoms with Gasteiger partial charge in [0.25, 0.3) is 0 Å². The highest BCUT2D eigenvalue weighted by Crippen LogP contribution is 2.30. The number of benzene rings is 1. The van der Waals surface area contributed by atoms with Crippen LogP contribution in [0.1, 0.15) is 31.7 Å². The van der Waals surface area contributed by atoms with Crippen LogP contribution in [0.25, 0.3) is 0 Å². The molecule has 1 aliphatic rings. The van der Waals surface area contributed by atoms with Crippen molar-refractivity contribution >= 4 is 29.0 Å². The predicted molar refractivity (Wildman–Crippen MR) is 88.6 cm³/mol. The molecule has 1 aromatic rings. The lowest BCUT2D eigenvalue weighted by atomic mass is 9.97. The number of esters is 1. The largest absolute Gasteiger partial charge is 0.469 e. The summed E-state index contributed by atoms with van der Waals surface area (Å²) in [6, 6.07) is 8.78. The molecule has 21 heavy (non-hydrogen) atoms. The van der Waals surface area contributed by atoms with Gasteiger partial charge in [-0.2, -0.15) is 0 Å². The van der Waals surface area contributed by atoms with Gasteiger partial charge in [-0.3, -0.25) is 4.79 Å². The second-order valence-electron chi connectivity index (χ2n) is 5.30. The van der Waals surface area contributed by atoms with Gasteiger partial charge in [0.15, 0.2) is 5.11 Å². The highest BCUT2D eigenvalue weighted by atomic mass is 32.1. The van der Waals surface area contributed by atoms with Crippen molar-refractivity contribution in [2.45, 2.75) is 38.6 Å². The third-order valence-electron chi connectivity index (χ3n) is 3.80. The van der Waals surface area contributed by atoms with Crippen molar-refractivity contribution in [2.75, 3.05) is 18.6 Å². The number of aryl methyl sites for hydroxylation is 1. The quantitative estimate of drug-likeness (QED) is 0.526. The Kier molecular flexibility index (Phi) is 5.56. The molecule has 1 aromatic carbocycles. The van der Waals surface area contributed by atoms with Gasteiger partial charge in [0.05, 0.1) is 7.11 Å². The number of carbonyl (C=O) groups is 1. The Balaban J connectivity index is 1.94. The Hall–Kier alpha value is -1.62. The summed E-state index contributed by atoms with van der Waals surface area (Å²) in [4.78, 5) is 13.3. The van der Waals surface area contributed by atoms with E-state index in [0.29, 0.717) is 19.0 Å². The van der Waals surface area contributed by atoms with Gasteiger partial charge in [-0.05, 0) is 50.0 Å². The van der Waals surface area contributed by atoms with Crippen molar-refractivity contribution < 1.29 is 9.53 Å². The first-order valence-corrected chi connectivity index (χ1v) is 7.76. The molecule has 0 amide bonds. The van der Waals surface area contributed by atoms with Crippen molar-refractivity contribution in [1.29, 1.82) is 0 Å². The third-order valence-corrected chi connectivity index (χ3v) is 4.14. The Morgan fingerprint density at radius 1 is 1.48 bits per heavy atom. The summed E-state index contributed by atoms with van der Waals surface area (Å²) in [6.45, 7) is 2.87. The lowest BCUT2D eigenvalue weighted by molar-refractivity contribution is -0.140. The van der Waals surface area contributed by atoms with Crippen LogP contribution < -0.4 is 10.2 Å². The van der Waals surface area contributed by atoms with Crippen LogP contribution in [-0.4, -0.2) is 30.8 Å². The first-order valence-electron chi connectivity index (χ1n) is 7.35. The number of anilines is 1. The molecule has 5 heteroatoms. The Labute approximate surface area is 131 Å². The van der Waals surface area contributed by atoms with Gasteiger partial charge in [-0.25, -0.2) is 0 Å². The first-order chi connectivity index (χ1) is 10.1.